The number of aryl methyl sites for hydroxylation is 1. The fraction of sp³-hybridized carbons (Fsp3) is 0.158. The van der Waals surface area contributed by atoms with E-state index < -0.39 is 15.7 Å². The van der Waals surface area contributed by atoms with Crippen LogP contribution in [0.3, 0.4) is 0 Å². The largest absolute Gasteiger partial charge is 0.318 e. The van der Waals surface area contributed by atoms with Gasteiger partial charge in [-0.1, -0.05) is 15.9 Å². The van der Waals surface area contributed by atoms with Crippen molar-refractivity contribution < 1.29 is 13.2 Å². The van der Waals surface area contributed by atoms with Crippen LogP contribution < -0.4 is 0 Å². The van der Waals surface area contributed by atoms with Crippen molar-refractivity contribution in [1.29, 1.82) is 5.41 Å². The lowest BCUT2D eigenvalue weighted by molar-refractivity contribution is -0.114. The van der Waals surface area contributed by atoms with E-state index >= 15 is 0 Å². The highest BCUT2D eigenvalue weighted by Crippen LogP contribution is 2.31. The van der Waals surface area contributed by atoms with Gasteiger partial charge in [-0.2, -0.15) is 10.0 Å². The second-order valence-corrected chi connectivity index (χ2v) is 10.9. The molecule has 4 rings (SSSR count). The van der Waals surface area contributed by atoms with Crippen LogP contribution >= 0.6 is 27.7 Å². The van der Waals surface area contributed by atoms with Crippen molar-refractivity contribution in [1.82, 2.24) is 9.58 Å². The van der Waals surface area contributed by atoms with Gasteiger partial charge in [-0.05, 0) is 67.6 Å². The third-order valence-electron chi connectivity index (χ3n) is 4.61. The normalized spacial score (nSPS) is 18.0. The van der Waals surface area contributed by atoms with Gasteiger partial charge in [0.25, 0.3) is 5.91 Å². The van der Waals surface area contributed by atoms with E-state index in [0.717, 1.165) is 50.1 Å². The van der Waals surface area contributed by atoms with Crippen molar-refractivity contribution in [2.75, 3.05) is 6.26 Å². The number of carbonyl (C=O) groups excluding carboxylic acids is 1. The Hall–Kier alpha value is -2.50. The molecule has 154 valence electrons. The zero-order valence-electron chi connectivity index (χ0n) is 16.2. The highest BCUT2D eigenvalue weighted by atomic mass is 79.9. The third-order valence-corrected chi connectivity index (χ3v) is 7.71. The number of sulfone groups is 1. The topological polar surface area (TPSA) is 108 Å². The molecule has 0 fully saturated rings. The second-order valence-electron chi connectivity index (χ2n) is 6.80. The molecular weight excluding hydrogens is 490 g/mol. The highest BCUT2D eigenvalue weighted by molar-refractivity contribution is 9.10. The van der Waals surface area contributed by atoms with Gasteiger partial charge in [0.1, 0.15) is 0 Å². The van der Waals surface area contributed by atoms with Gasteiger partial charge in [-0.15, -0.1) is 5.10 Å². The van der Waals surface area contributed by atoms with E-state index in [2.05, 4.69) is 30.6 Å². The van der Waals surface area contributed by atoms with Crippen molar-refractivity contribution in [3.05, 3.63) is 57.3 Å². The van der Waals surface area contributed by atoms with Gasteiger partial charge in [-0.3, -0.25) is 10.2 Å². The Kier molecular flexibility index (Phi) is 5.07. The molecule has 2 aliphatic heterocycles. The summed E-state index contributed by atoms with van der Waals surface area (Å²) in [5.41, 5.74) is 3.65. The van der Waals surface area contributed by atoms with Crippen LogP contribution in [0.5, 0.6) is 0 Å². The Morgan fingerprint density at radius 2 is 1.87 bits per heavy atom. The van der Waals surface area contributed by atoms with Crippen LogP contribution in [0.2, 0.25) is 0 Å². The number of carbonyl (C=O) groups is 1. The Bertz CT molecular complexity index is 1300. The number of aromatic nitrogens is 1. The molecule has 0 radical (unpaired) electrons. The average molecular weight is 506 g/mol. The Balaban J connectivity index is 1.75. The lowest BCUT2D eigenvalue weighted by Crippen LogP contribution is -2.35. The number of amides is 1. The molecule has 2 aliphatic rings. The van der Waals surface area contributed by atoms with E-state index in [9.17, 15) is 13.2 Å². The van der Waals surface area contributed by atoms with Gasteiger partial charge < -0.3 is 4.57 Å². The van der Waals surface area contributed by atoms with E-state index in [1.54, 1.807) is 6.08 Å². The number of hydrazone groups is 1. The van der Waals surface area contributed by atoms with Crippen LogP contribution in [-0.4, -0.2) is 45.5 Å². The minimum Gasteiger partial charge on any atom is -0.318 e. The predicted molar refractivity (Wildman–Crippen MR) is 123 cm³/mol. The minimum atomic E-state index is -3.56. The van der Waals surface area contributed by atoms with Crippen molar-refractivity contribution in [2.24, 2.45) is 10.1 Å². The van der Waals surface area contributed by atoms with Gasteiger partial charge >= 0.3 is 0 Å². The highest BCUT2D eigenvalue weighted by Gasteiger charge is 2.38. The number of amidine groups is 2. The molecular formula is C19H16BrN5O3S2. The first kappa shape index (κ1) is 20.8. The number of nitrogens with zero attached hydrogens (tertiary/aromatic N) is 4. The predicted octanol–water partition coefficient (Wildman–Crippen LogP) is 3.48. The minimum absolute atomic E-state index is 0.0499. The van der Waals surface area contributed by atoms with Crippen LogP contribution in [0, 0.1) is 19.3 Å². The molecule has 30 heavy (non-hydrogen) atoms. The summed E-state index contributed by atoms with van der Waals surface area (Å²) < 4.78 is 26.4. The van der Waals surface area contributed by atoms with Gasteiger partial charge in [0, 0.05) is 27.8 Å². The number of aliphatic imine (C=N–C) groups is 1. The van der Waals surface area contributed by atoms with E-state index in [1.165, 1.54) is 0 Å². The molecule has 0 spiro atoms. The number of hydrogen-bond acceptors (Lipinski definition) is 6. The maximum atomic E-state index is 12.6. The van der Waals surface area contributed by atoms with E-state index in [0.29, 0.717) is 0 Å². The number of hydrogen-bond donors (Lipinski definition) is 1. The van der Waals surface area contributed by atoms with Crippen molar-refractivity contribution in [2.45, 2.75) is 13.8 Å². The molecule has 0 aliphatic carbocycles. The van der Waals surface area contributed by atoms with Gasteiger partial charge in [-0.25, -0.2) is 8.42 Å². The maximum Gasteiger partial charge on any atom is 0.283 e. The molecule has 1 aromatic heterocycles. The Morgan fingerprint density at radius 3 is 2.50 bits per heavy atom. The first-order valence-electron chi connectivity index (χ1n) is 8.71. The summed E-state index contributed by atoms with van der Waals surface area (Å²) in [4.78, 5) is 16.5. The monoisotopic (exact) mass is 505 g/mol. The van der Waals surface area contributed by atoms with Crippen LogP contribution in [-0.2, 0) is 14.6 Å². The van der Waals surface area contributed by atoms with Crippen LogP contribution in [0.4, 0.5) is 0 Å². The van der Waals surface area contributed by atoms with Crippen molar-refractivity contribution >= 4 is 64.9 Å². The lowest BCUT2D eigenvalue weighted by Gasteiger charge is -2.20. The number of fused-ring (bicyclic) bond motifs is 1. The average Bonchev–Trinajstić information content (AvgIpc) is 3.21. The molecule has 0 bridgehead atoms. The lowest BCUT2D eigenvalue weighted by atomic mass is 10.1. The van der Waals surface area contributed by atoms with Crippen LogP contribution in [0.15, 0.2) is 50.5 Å². The molecule has 2 aromatic rings. The second kappa shape index (κ2) is 7.33. The van der Waals surface area contributed by atoms with E-state index in [4.69, 9.17) is 5.41 Å². The summed E-state index contributed by atoms with van der Waals surface area (Å²) in [7, 11) is -3.56. The maximum absolute atomic E-state index is 12.6. The fourth-order valence-electron chi connectivity index (χ4n) is 3.20. The van der Waals surface area contributed by atoms with Gasteiger partial charge in [0.05, 0.1) is 5.57 Å². The summed E-state index contributed by atoms with van der Waals surface area (Å²) in [6.45, 7) is 3.89. The van der Waals surface area contributed by atoms with Gasteiger partial charge in [0.15, 0.2) is 5.84 Å². The van der Waals surface area contributed by atoms with E-state index in [-0.39, 0.29) is 21.0 Å². The summed E-state index contributed by atoms with van der Waals surface area (Å²) in [5.74, 6) is -0.804. The molecule has 1 aromatic carbocycles. The number of benzene rings is 1. The van der Waals surface area contributed by atoms with Crippen LogP contribution in [0.25, 0.3) is 11.8 Å². The summed E-state index contributed by atoms with van der Waals surface area (Å²) >= 11 is 4.20. The third kappa shape index (κ3) is 3.57. The van der Waals surface area contributed by atoms with E-state index in [1.807, 2.05) is 44.2 Å². The SMILES string of the molecule is Cc1cc(/C=C2/C(=N)N3N=C(S(C)(=O)=O)SC3=NC2=O)c(C)n1-c1ccc(Br)cc1. The Morgan fingerprint density at radius 1 is 1.20 bits per heavy atom. The first-order valence-corrected chi connectivity index (χ1v) is 12.2. The zero-order chi connectivity index (χ0) is 21.8. The molecule has 11 heteroatoms. The molecule has 1 amide bonds. The summed E-state index contributed by atoms with van der Waals surface area (Å²) in [6.07, 6.45) is 2.62. The molecule has 1 N–H and O–H groups in total. The zero-order valence-corrected chi connectivity index (χ0v) is 19.4. The first-order chi connectivity index (χ1) is 14.1. The van der Waals surface area contributed by atoms with Gasteiger partial charge in [0.2, 0.25) is 19.4 Å². The molecule has 0 unspecified atom stereocenters. The molecule has 0 saturated carbocycles. The van der Waals surface area contributed by atoms with Crippen molar-refractivity contribution in [3.63, 3.8) is 0 Å². The molecule has 0 atom stereocenters. The number of rotatable bonds is 2. The number of nitrogens with one attached hydrogen (secondary N) is 1. The van der Waals surface area contributed by atoms with Crippen LogP contribution in [0.1, 0.15) is 17.0 Å². The molecule has 0 saturated heterocycles. The molecule has 8 nitrogen and oxygen atoms in total. The number of halogens is 1. The summed E-state index contributed by atoms with van der Waals surface area (Å²) in [5, 5.41) is 13.5. The number of thioether (sulfide) groups is 1. The standard InChI is InChI=1S/C19H16BrN5O3S2/c1-10-8-12(11(2)24(10)14-6-4-13(20)5-7-14)9-15-16(21)25-18(22-17(15)26)29-19(23-25)30(3,27)28/h4-9,21H,1-3H3/b15-9-,21-16?. The Labute approximate surface area is 185 Å². The molecule has 3 heterocycles. The van der Waals surface area contributed by atoms with Crippen molar-refractivity contribution in [3.8, 4) is 5.69 Å². The fourth-order valence-corrected chi connectivity index (χ4v) is 5.15. The quantitative estimate of drug-likeness (QED) is 0.628. The summed E-state index contributed by atoms with van der Waals surface area (Å²) in [6, 6.07) is 9.79. The smallest absolute Gasteiger partial charge is 0.283 e.